The van der Waals surface area contributed by atoms with Crippen LogP contribution in [0.1, 0.15) is 26.7 Å². The molecule has 0 saturated heterocycles. The molecule has 10 heteroatoms. The number of sulfone groups is 1. The summed E-state index contributed by atoms with van der Waals surface area (Å²) in [6.45, 7) is 4.48. The van der Waals surface area contributed by atoms with Gasteiger partial charge in [0.25, 0.3) is 0 Å². The van der Waals surface area contributed by atoms with E-state index in [4.69, 9.17) is 0 Å². The van der Waals surface area contributed by atoms with E-state index in [1.807, 2.05) is 13.8 Å². The van der Waals surface area contributed by atoms with Gasteiger partial charge < -0.3 is 0 Å². The molecule has 0 bridgehead atoms. The van der Waals surface area contributed by atoms with Gasteiger partial charge in [-0.3, -0.25) is 10.1 Å². The van der Waals surface area contributed by atoms with Gasteiger partial charge in [-0.05, 0) is 37.1 Å². The molecule has 1 aromatic rings. The molecule has 0 aliphatic carbocycles. The second-order valence-corrected chi connectivity index (χ2v) is 8.85. The molecular weight excluding hydrogens is 344 g/mol. The highest BCUT2D eigenvalue weighted by Crippen LogP contribution is 2.20. The summed E-state index contributed by atoms with van der Waals surface area (Å²) in [4.78, 5) is 9.13. The van der Waals surface area contributed by atoms with Gasteiger partial charge in [-0.15, -0.1) is 0 Å². The second-order valence-electron chi connectivity index (χ2n) is 4.95. The average Bonchev–Trinajstić information content (AvgIpc) is 2.46. The Morgan fingerprint density at radius 3 is 1.78 bits per heavy atom. The number of benzene rings is 1. The van der Waals surface area contributed by atoms with E-state index in [0.717, 1.165) is 12.1 Å². The third kappa shape index (κ3) is 4.98. The van der Waals surface area contributed by atoms with Crippen LogP contribution in [0.2, 0.25) is 0 Å². The summed E-state index contributed by atoms with van der Waals surface area (Å²) in [5.41, 5.74) is 0. The largest absolute Gasteiger partial charge is 0.305 e. The smallest absolute Gasteiger partial charge is 0.263 e. The Hall–Kier alpha value is -1.52. The van der Waals surface area contributed by atoms with Crippen molar-refractivity contribution >= 4 is 19.9 Å². The molecule has 130 valence electrons. The van der Waals surface area contributed by atoms with E-state index in [1.165, 1.54) is 16.4 Å². The summed E-state index contributed by atoms with van der Waals surface area (Å²) >= 11 is 0. The molecule has 8 nitrogen and oxygen atoms in total. The molecular formula is C13H20N2O6S2. The Bertz CT molecular complexity index is 735. The van der Waals surface area contributed by atoms with Crippen LogP contribution in [0.5, 0.6) is 0 Å². The van der Waals surface area contributed by atoms with Crippen molar-refractivity contribution < 1.29 is 21.8 Å². The van der Waals surface area contributed by atoms with E-state index in [2.05, 4.69) is 0 Å². The molecule has 1 aromatic carbocycles. The van der Waals surface area contributed by atoms with Crippen molar-refractivity contribution in [2.24, 2.45) is 0 Å². The van der Waals surface area contributed by atoms with Crippen molar-refractivity contribution in [3.05, 3.63) is 34.4 Å². The van der Waals surface area contributed by atoms with Crippen molar-refractivity contribution in [2.75, 3.05) is 19.0 Å². The number of hydrogen-bond acceptors (Lipinski definition) is 6. The molecule has 0 aliphatic rings. The maximum absolute atomic E-state index is 12.5. The fourth-order valence-electron chi connectivity index (χ4n) is 2.03. The summed E-state index contributed by atoms with van der Waals surface area (Å²) in [7, 11) is -7.78. The van der Waals surface area contributed by atoms with Gasteiger partial charge in [-0.25, -0.2) is 16.8 Å². The molecule has 0 atom stereocenters. The maximum atomic E-state index is 12.5. The van der Waals surface area contributed by atoms with Gasteiger partial charge in [-0.1, -0.05) is 13.8 Å². The summed E-state index contributed by atoms with van der Waals surface area (Å²) < 4.78 is 49.9. The molecule has 0 aromatic heterocycles. The van der Waals surface area contributed by atoms with Gasteiger partial charge in [0.05, 0.1) is 9.79 Å². The van der Waals surface area contributed by atoms with Gasteiger partial charge in [0, 0.05) is 18.0 Å². The van der Waals surface area contributed by atoms with Gasteiger partial charge in [0.1, 0.15) is 0 Å². The van der Waals surface area contributed by atoms with Crippen LogP contribution in [0, 0.1) is 10.1 Å². The average molecular weight is 364 g/mol. The zero-order valence-electron chi connectivity index (χ0n) is 13.0. The van der Waals surface area contributed by atoms with Crippen molar-refractivity contribution in [3.8, 4) is 0 Å². The summed E-state index contributed by atoms with van der Waals surface area (Å²) in [5, 5.41) is 10.4. The number of sulfonamides is 1. The molecule has 0 heterocycles. The lowest BCUT2D eigenvalue weighted by atomic mass is 10.4. The molecule has 1 rings (SSSR count). The molecule has 0 N–H and O–H groups in total. The molecule has 0 unspecified atom stereocenters. The molecule has 0 radical (unpaired) electrons. The Morgan fingerprint density at radius 2 is 1.39 bits per heavy atom. The van der Waals surface area contributed by atoms with Crippen LogP contribution in [0.3, 0.4) is 0 Å². The van der Waals surface area contributed by atoms with Crippen molar-refractivity contribution in [2.45, 2.75) is 36.5 Å². The highest BCUT2D eigenvalue weighted by Gasteiger charge is 2.25. The predicted molar refractivity (Wildman–Crippen MR) is 84.8 cm³/mol. The van der Waals surface area contributed by atoms with E-state index in [9.17, 15) is 26.9 Å². The topological polar surface area (TPSA) is 115 Å². The summed E-state index contributed by atoms with van der Waals surface area (Å²) in [6.07, 6.45) is 1.32. The van der Waals surface area contributed by atoms with Crippen LogP contribution in [-0.4, -0.2) is 45.0 Å². The first kappa shape index (κ1) is 19.5. The Balaban J connectivity index is 3.14. The first-order valence-electron chi connectivity index (χ1n) is 7.10. The number of nitrogens with zero attached hydrogens (tertiary/aromatic N) is 2. The zero-order valence-corrected chi connectivity index (χ0v) is 14.6. The molecule has 0 fully saturated rings. The minimum Gasteiger partial charge on any atom is -0.263 e. The fourth-order valence-corrected chi connectivity index (χ4v) is 4.63. The number of rotatable bonds is 9. The predicted octanol–water partition coefficient (Wildman–Crippen LogP) is 1.51. The highest BCUT2D eigenvalue weighted by molar-refractivity contribution is 7.91. The lowest BCUT2D eigenvalue weighted by molar-refractivity contribution is -0.458. The maximum Gasteiger partial charge on any atom is 0.305 e. The molecule has 0 amide bonds. The Morgan fingerprint density at radius 1 is 0.957 bits per heavy atom. The standard InChI is InChI=1S/C13H20N2O6S2/c1-3-9-14(10-4-2)23(20,21)13-7-5-12(6-8-13)22(18,19)11-15(16)17/h5-8H,3-4,9-11H2,1-2H3. The molecule has 0 aliphatic heterocycles. The van der Waals surface area contributed by atoms with E-state index >= 15 is 0 Å². The Labute approximate surface area is 136 Å². The van der Waals surface area contributed by atoms with Crippen LogP contribution >= 0.6 is 0 Å². The monoisotopic (exact) mass is 364 g/mol. The van der Waals surface area contributed by atoms with Crippen molar-refractivity contribution in [3.63, 3.8) is 0 Å². The fraction of sp³-hybridized carbons (Fsp3) is 0.538. The minimum absolute atomic E-state index is 0.0283. The van der Waals surface area contributed by atoms with Crippen LogP contribution in [0.4, 0.5) is 0 Å². The van der Waals surface area contributed by atoms with Gasteiger partial charge in [0.2, 0.25) is 19.9 Å². The quantitative estimate of drug-likeness (QED) is 0.484. The zero-order chi connectivity index (χ0) is 17.7. The van der Waals surface area contributed by atoms with Crippen LogP contribution < -0.4 is 0 Å². The normalized spacial score (nSPS) is 12.5. The van der Waals surface area contributed by atoms with Crippen LogP contribution in [0.25, 0.3) is 0 Å². The first-order chi connectivity index (χ1) is 10.6. The third-order valence-electron chi connectivity index (χ3n) is 3.04. The van der Waals surface area contributed by atoms with Gasteiger partial charge in [-0.2, -0.15) is 4.31 Å². The van der Waals surface area contributed by atoms with Gasteiger partial charge in [0.15, 0.2) is 0 Å². The highest BCUT2D eigenvalue weighted by atomic mass is 32.2. The van der Waals surface area contributed by atoms with E-state index in [-0.39, 0.29) is 9.79 Å². The second kappa shape index (κ2) is 7.84. The van der Waals surface area contributed by atoms with Crippen molar-refractivity contribution in [1.82, 2.24) is 4.31 Å². The summed E-state index contributed by atoms with van der Waals surface area (Å²) in [6, 6.07) is 4.50. The Kier molecular flexibility index (Phi) is 6.66. The first-order valence-corrected chi connectivity index (χ1v) is 10.2. The molecule has 0 spiro atoms. The number of nitro groups is 1. The molecule has 0 saturated carbocycles. The van der Waals surface area contributed by atoms with E-state index in [1.54, 1.807) is 0 Å². The van der Waals surface area contributed by atoms with Crippen LogP contribution in [0.15, 0.2) is 34.1 Å². The van der Waals surface area contributed by atoms with Crippen molar-refractivity contribution in [1.29, 1.82) is 0 Å². The SMILES string of the molecule is CCCN(CCC)S(=O)(=O)c1ccc(S(=O)(=O)C[N+](=O)[O-])cc1. The summed E-state index contributed by atoms with van der Waals surface area (Å²) in [5.74, 6) is -1.23. The lowest BCUT2D eigenvalue weighted by Crippen LogP contribution is -2.32. The van der Waals surface area contributed by atoms with Crippen LogP contribution in [-0.2, 0) is 19.9 Å². The molecule has 23 heavy (non-hydrogen) atoms. The minimum atomic E-state index is -4.07. The lowest BCUT2D eigenvalue weighted by Gasteiger charge is -2.21. The van der Waals surface area contributed by atoms with E-state index in [0.29, 0.717) is 25.9 Å². The van der Waals surface area contributed by atoms with E-state index < -0.39 is 30.7 Å². The van der Waals surface area contributed by atoms with Gasteiger partial charge >= 0.3 is 5.88 Å². The number of hydrogen-bond donors (Lipinski definition) is 0. The third-order valence-corrected chi connectivity index (χ3v) is 6.50.